The van der Waals surface area contributed by atoms with Gasteiger partial charge in [-0.15, -0.1) is 0 Å². The van der Waals surface area contributed by atoms with E-state index in [2.05, 4.69) is 27.3 Å². The molecule has 4 heteroatoms. The molecule has 0 aliphatic carbocycles. The van der Waals surface area contributed by atoms with E-state index in [-0.39, 0.29) is 5.91 Å². The van der Waals surface area contributed by atoms with E-state index in [1.54, 1.807) is 12.4 Å². The number of anilines is 1. The maximum absolute atomic E-state index is 12.4. The monoisotopic (exact) mass is 345 g/mol. The van der Waals surface area contributed by atoms with Gasteiger partial charge in [-0.25, -0.2) is 0 Å². The van der Waals surface area contributed by atoms with Gasteiger partial charge in [0.05, 0.1) is 17.4 Å². The Morgan fingerprint density at radius 3 is 2.46 bits per heavy atom. The van der Waals surface area contributed by atoms with Crippen molar-refractivity contribution < 1.29 is 4.79 Å². The highest BCUT2D eigenvalue weighted by Gasteiger charge is 2.09. The zero-order chi connectivity index (χ0) is 18.4. The third kappa shape index (κ3) is 4.70. The van der Waals surface area contributed by atoms with Crippen LogP contribution in [0.2, 0.25) is 0 Å². The van der Waals surface area contributed by atoms with Crippen LogP contribution >= 0.6 is 0 Å². The summed E-state index contributed by atoms with van der Waals surface area (Å²) in [6.45, 7) is 3.31. The standard InChI is InChI=1S/C22H23N3O/c1-17-8-10-18(11-9-17)13-24-22(26)20-12-21(15-23-14-20)25(2)16-19-6-4-3-5-7-19/h3-12,14-15H,13,16H2,1-2H3,(H,24,26). The number of carbonyl (C=O) groups excluding carboxylic acids is 1. The minimum absolute atomic E-state index is 0.118. The predicted molar refractivity (Wildman–Crippen MR) is 105 cm³/mol. The topological polar surface area (TPSA) is 45.2 Å². The molecule has 0 aliphatic rings. The average Bonchev–Trinajstić information content (AvgIpc) is 2.68. The number of hydrogen-bond acceptors (Lipinski definition) is 3. The van der Waals surface area contributed by atoms with Crippen molar-refractivity contribution in [3.05, 3.63) is 95.3 Å². The molecule has 132 valence electrons. The van der Waals surface area contributed by atoms with E-state index in [4.69, 9.17) is 0 Å². The lowest BCUT2D eigenvalue weighted by Crippen LogP contribution is -2.24. The van der Waals surface area contributed by atoms with Crippen LogP contribution in [0.4, 0.5) is 5.69 Å². The Hall–Kier alpha value is -3.14. The van der Waals surface area contributed by atoms with Crippen molar-refractivity contribution in [1.29, 1.82) is 0 Å². The zero-order valence-corrected chi connectivity index (χ0v) is 15.1. The number of amides is 1. The van der Waals surface area contributed by atoms with E-state index in [9.17, 15) is 4.79 Å². The fraction of sp³-hybridized carbons (Fsp3) is 0.182. The number of pyridine rings is 1. The van der Waals surface area contributed by atoms with Crippen LogP contribution in [0.5, 0.6) is 0 Å². The van der Waals surface area contributed by atoms with Gasteiger partial charge >= 0.3 is 0 Å². The van der Waals surface area contributed by atoms with Gasteiger partial charge in [-0.3, -0.25) is 9.78 Å². The SMILES string of the molecule is Cc1ccc(CNC(=O)c2cncc(N(C)Cc3ccccc3)c2)cc1. The molecule has 0 saturated heterocycles. The molecule has 1 aromatic heterocycles. The third-order valence-corrected chi connectivity index (χ3v) is 4.26. The van der Waals surface area contributed by atoms with Gasteiger partial charge in [0.1, 0.15) is 0 Å². The summed E-state index contributed by atoms with van der Waals surface area (Å²) in [5.74, 6) is -0.118. The highest BCUT2D eigenvalue weighted by Crippen LogP contribution is 2.16. The van der Waals surface area contributed by atoms with Crippen LogP contribution in [0.1, 0.15) is 27.0 Å². The van der Waals surface area contributed by atoms with Gasteiger partial charge in [-0.05, 0) is 24.1 Å². The molecule has 0 fully saturated rings. The van der Waals surface area contributed by atoms with E-state index < -0.39 is 0 Å². The average molecular weight is 345 g/mol. The zero-order valence-electron chi connectivity index (χ0n) is 15.1. The van der Waals surface area contributed by atoms with Crippen molar-refractivity contribution in [3.63, 3.8) is 0 Å². The highest BCUT2D eigenvalue weighted by molar-refractivity contribution is 5.94. The molecule has 0 bridgehead atoms. The minimum Gasteiger partial charge on any atom is -0.369 e. The summed E-state index contributed by atoms with van der Waals surface area (Å²) >= 11 is 0. The number of aryl methyl sites for hydroxylation is 1. The molecule has 26 heavy (non-hydrogen) atoms. The van der Waals surface area contributed by atoms with Gasteiger partial charge in [-0.1, -0.05) is 60.2 Å². The number of carbonyl (C=O) groups is 1. The highest BCUT2D eigenvalue weighted by atomic mass is 16.1. The van der Waals surface area contributed by atoms with E-state index in [0.29, 0.717) is 12.1 Å². The molecule has 3 aromatic rings. The molecular formula is C22H23N3O. The smallest absolute Gasteiger partial charge is 0.253 e. The molecule has 0 atom stereocenters. The second-order valence-corrected chi connectivity index (χ2v) is 6.44. The number of nitrogens with one attached hydrogen (secondary N) is 1. The fourth-order valence-electron chi connectivity index (χ4n) is 2.70. The molecule has 1 amide bonds. The fourth-order valence-corrected chi connectivity index (χ4v) is 2.70. The van der Waals surface area contributed by atoms with Crippen molar-refractivity contribution >= 4 is 11.6 Å². The van der Waals surface area contributed by atoms with Crippen molar-refractivity contribution in [2.24, 2.45) is 0 Å². The summed E-state index contributed by atoms with van der Waals surface area (Å²) < 4.78 is 0. The Kier molecular flexibility index (Phi) is 5.64. The van der Waals surface area contributed by atoms with Crippen molar-refractivity contribution in [3.8, 4) is 0 Å². The van der Waals surface area contributed by atoms with Gasteiger partial charge < -0.3 is 10.2 Å². The van der Waals surface area contributed by atoms with Gasteiger partial charge in [0.25, 0.3) is 5.91 Å². The summed E-state index contributed by atoms with van der Waals surface area (Å²) in [4.78, 5) is 18.8. The number of nitrogens with zero attached hydrogens (tertiary/aromatic N) is 2. The Morgan fingerprint density at radius 2 is 1.73 bits per heavy atom. The van der Waals surface area contributed by atoms with Crippen LogP contribution in [0.25, 0.3) is 0 Å². The van der Waals surface area contributed by atoms with E-state index in [1.807, 2.05) is 62.5 Å². The molecule has 1 heterocycles. The second kappa shape index (κ2) is 8.30. The van der Waals surface area contributed by atoms with Gasteiger partial charge in [0.2, 0.25) is 0 Å². The number of rotatable bonds is 6. The maximum atomic E-state index is 12.4. The van der Waals surface area contributed by atoms with Crippen molar-refractivity contribution in [2.45, 2.75) is 20.0 Å². The first kappa shape index (κ1) is 17.7. The number of benzene rings is 2. The Morgan fingerprint density at radius 1 is 1.00 bits per heavy atom. The molecule has 3 rings (SSSR count). The summed E-state index contributed by atoms with van der Waals surface area (Å²) in [6, 6.07) is 20.2. The van der Waals surface area contributed by atoms with Gasteiger partial charge in [-0.2, -0.15) is 0 Å². The number of aromatic nitrogens is 1. The van der Waals surface area contributed by atoms with Crippen LogP contribution in [0.3, 0.4) is 0 Å². The second-order valence-electron chi connectivity index (χ2n) is 6.44. The van der Waals surface area contributed by atoms with Crippen molar-refractivity contribution in [2.75, 3.05) is 11.9 Å². The molecule has 2 aromatic carbocycles. The summed E-state index contributed by atoms with van der Waals surface area (Å²) in [7, 11) is 2.00. The van der Waals surface area contributed by atoms with E-state index in [1.165, 1.54) is 11.1 Å². The largest absolute Gasteiger partial charge is 0.369 e. The van der Waals surface area contributed by atoms with Crippen LogP contribution in [-0.4, -0.2) is 17.9 Å². The predicted octanol–water partition coefficient (Wildman–Crippen LogP) is 3.96. The van der Waals surface area contributed by atoms with E-state index in [0.717, 1.165) is 17.8 Å². The quantitative estimate of drug-likeness (QED) is 0.735. The Bertz CT molecular complexity index is 860. The normalized spacial score (nSPS) is 10.4. The molecule has 0 unspecified atom stereocenters. The lowest BCUT2D eigenvalue weighted by atomic mass is 10.1. The number of hydrogen-bond donors (Lipinski definition) is 1. The first-order valence-corrected chi connectivity index (χ1v) is 8.65. The summed E-state index contributed by atoms with van der Waals surface area (Å²) in [5.41, 5.74) is 4.98. The molecule has 4 nitrogen and oxygen atoms in total. The molecule has 1 N–H and O–H groups in total. The third-order valence-electron chi connectivity index (χ3n) is 4.26. The maximum Gasteiger partial charge on any atom is 0.253 e. The molecule has 0 spiro atoms. The van der Waals surface area contributed by atoms with Gasteiger partial charge in [0, 0.05) is 26.3 Å². The molecular weight excluding hydrogens is 322 g/mol. The first-order valence-electron chi connectivity index (χ1n) is 8.65. The van der Waals surface area contributed by atoms with Gasteiger partial charge in [0.15, 0.2) is 0 Å². The summed E-state index contributed by atoms with van der Waals surface area (Å²) in [5, 5.41) is 2.95. The van der Waals surface area contributed by atoms with Crippen molar-refractivity contribution in [1.82, 2.24) is 10.3 Å². The lowest BCUT2D eigenvalue weighted by Gasteiger charge is -2.19. The Labute approximate surface area is 154 Å². The van der Waals surface area contributed by atoms with Crippen LogP contribution in [-0.2, 0) is 13.1 Å². The van der Waals surface area contributed by atoms with Crippen LogP contribution in [0.15, 0.2) is 73.1 Å². The molecule has 0 saturated carbocycles. The summed E-state index contributed by atoms with van der Waals surface area (Å²) in [6.07, 6.45) is 3.38. The first-order chi connectivity index (χ1) is 12.6. The van der Waals surface area contributed by atoms with E-state index >= 15 is 0 Å². The van der Waals surface area contributed by atoms with Crippen LogP contribution in [0, 0.1) is 6.92 Å². The molecule has 0 radical (unpaired) electrons. The van der Waals surface area contributed by atoms with Crippen LogP contribution < -0.4 is 10.2 Å². The minimum atomic E-state index is -0.118. The molecule has 0 aliphatic heterocycles. The lowest BCUT2D eigenvalue weighted by molar-refractivity contribution is 0.0950. The Balaban J connectivity index is 1.64.